The first-order chi connectivity index (χ1) is 29.2. The van der Waals surface area contributed by atoms with Gasteiger partial charge in [0.1, 0.15) is 19.7 Å². The molecule has 0 aliphatic rings. The average molecular weight is 921 g/mol. The van der Waals surface area contributed by atoms with Crippen LogP contribution in [0.1, 0.15) is 54.3 Å². The molecule has 6 aromatic rings. The van der Waals surface area contributed by atoms with Crippen LogP contribution in [0.5, 0.6) is 23.0 Å². The molecule has 0 spiro atoms. The van der Waals surface area contributed by atoms with Crippen LogP contribution in [0.25, 0.3) is 22.1 Å². The van der Waals surface area contributed by atoms with Crippen molar-refractivity contribution in [2.45, 2.75) is 45.8 Å². The normalized spacial score (nSPS) is 12.8. The van der Waals surface area contributed by atoms with Crippen LogP contribution >= 0.6 is 11.6 Å². The Morgan fingerprint density at radius 2 is 1.24 bits per heavy atom. The van der Waals surface area contributed by atoms with Gasteiger partial charge < -0.3 is 23.9 Å². The van der Waals surface area contributed by atoms with Crippen LogP contribution in [-0.4, -0.2) is 99.2 Å². The van der Waals surface area contributed by atoms with Crippen LogP contribution in [-0.2, 0) is 26.2 Å². The number of fused-ring (bicyclic) bond motifs is 2. The molecule has 0 aliphatic heterocycles. The first-order valence-corrected chi connectivity index (χ1v) is 23.6. The van der Waals surface area contributed by atoms with E-state index in [9.17, 15) is 40.0 Å². The van der Waals surface area contributed by atoms with E-state index in [0.29, 0.717) is 63.9 Å². The Kier molecular flexibility index (Phi) is 15.0. The number of H-pyrrole nitrogens is 1. The van der Waals surface area contributed by atoms with Gasteiger partial charge in [-0.05, 0) is 80.4 Å². The number of benzene rings is 4. The summed E-state index contributed by atoms with van der Waals surface area (Å²) in [5.74, 6) is 0.819. The molecule has 2 heterocycles. The summed E-state index contributed by atoms with van der Waals surface area (Å²) in [6.07, 6.45) is -0.640. The fourth-order valence-electron chi connectivity index (χ4n) is 7.21. The van der Waals surface area contributed by atoms with Crippen molar-refractivity contribution in [3.05, 3.63) is 115 Å². The van der Waals surface area contributed by atoms with Gasteiger partial charge in [0.15, 0.2) is 28.8 Å². The fraction of sp³-hybridized carbons (Fsp3) is 0.357. The highest BCUT2D eigenvalue weighted by atomic mass is 35.5. The number of imidazole rings is 2. The van der Waals surface area contributed by atoms with Crippen molar-refractivity contribution in [1.29, 1.82) is 0 Å². The number of nitrogens with one attached hydrogen (secondary N) is 1. The summed E-state index contributed by atoms with van der Waals surface area (Å²) >= 11 is 6.25. The molecule has 62 heavy (non-hydrogen) atoms. The number of rotatable bonds is 17. The Labute approximate surface area is 361 Å². The molecule has 1 N–H and O–H groups in total. The number of methoxy groups -OCH3 is 2. The zero-order chi connectivity index (χ0) is 45.7. The van der Waals surface area contributed by atoms with Gasteiger partial charge in [-0.3, -0.25) is 18.5 Å². The van der Waals surface area contributed by atoms with Crippen molar-refractivity contribution < 1.29 is 49.4 Å². The number of hydrogen-bond donors (Lipinski definition) is 1. The Balaban J connectivity index is 0.000000235. The summed E-state index contributed by atoms with van der Waals surface area (Å²) in [4.78, 5) is 40.9. The van der Waals surface area contributed by atoms with Crippen molar-refractivity contribution in [2.75, 3.05) is 51.5 Å². The van der Waals surface area contributed by atoms with Crippen molar-refractivity contribution in [1.82, 2.24) is 18.7 Å². The lowest BCUT2D eigenvalue weighted by molar-refractivity contribution is 0.101. The van der Waals surface area contributed by atoms with Crippen LogP contribution in [0, 0.1) is 0 Å². The minimum Gasteiger partial charge on any atom is -0.493 e. The molecule has 0 amide bonds. The molecular formula is C42H47ClF2N4O11S2. The predicted molar refractivity (Wildman–Crippen MR) is 234 cm³/mol. The van der Waals surface area contributed by atoms with Crippen molar-refractivity contribution in [3.63, 3.8) is 0 Å². The maximum atomic E-state index is 13.3. The standard InChI is InChI=1S/C21H23ClF2N2O5S.C21H24N2O6S/c1-4-31-18-10-13(8-9-17(18)30-2)16(12-32(3,28)29)26-15-7-5-6-14(22)20(15)25(21(26)27)11-19(23)24;1-5-29-19-11-14(9-10-18(19)28-3)17(12-30(4,26)27)23-16-8-6-7-15(13(2)24)20(16)22-21(23)25/h5-10,16,19H,4,11-12H2,1-3H3;6-11,17H,5,12H2,1-4H3,(H,22,25). The number of aromatic amines is 1. The van der Waals surface area contributed by atoms with Crippen LogP contribution in [0.2, 0.25) is 5.02 Å². The lowest BCUT2D eigenvalue weighted by Crippen LogP contribution is -2.32. The summed E-state index contributed by atoms with van der Waals surface area (Å²) in [6.45, 7) is 4.88. The molecule has 0 fully saturated rings. The maximum Gasteiger partial charge on any atom is 0.329 e. The molecule has 0 aliphatic carbocycles. The van der Waals surface area contributed by atoms with Gasteiger partial charge in [-0.15, -0.1) is 0 Å². The zero-order valence-electron chi connectivity index (χ0n) is 35.0. The lowest BCUT2D eigenvalue weighted by Gasteiger charge is -2.20. The number of sulfone groups is 2. The summed E-state index contributed by atoms with van der Waals surface area (Å²) in [7, 11) is -4.07. The van der Waals surface area contributed by atoms with Gasteiger partial charge in [-0.2, -0.15) is 0 Å². The third-order valence-corrected chi connectivity index (χ3v) is 11.8. The van der Waals surface area contributed by atoms with Gasteiger partial charge in [0.05, 0.1) is 84.7 Å². The molecule has 0 saturated heterocycles. The van der Waals surface area contributed by atoms with E-state index in [0.717, 1.165) is 17.1 Å². The topological polar surface area (TPSA) is 187 Å². The third kappa shape index (κ3) is 10.7. The zero-order valence-corrected chi connectivity index (χ0v) is 37.4. The summed E-state index contributed by atoms with van der Waals surface area (Å²) in [6, 6.07) is 17.6. The molecule has 20 heteroatoms. The Morgan fingerprint density at radius 1 is 0.742 bits per heavy atom. The number of hydrogen-bond acceptors (Lipinski definition) is 11. The van der Waals surface area contributed by atoms with E-state index in [1.807, 2.05) is 6.92 Å². The average Bonchev–Trinajstić information content (AvgIpc) is 3.68. The molecule has 2 aromatic heterocycles. The molecule has 0 bridgehead atoms. The van der Waals surface area contributed by atoms with Crippen LogP contribution in [0.15, 0.2) is 82.4 Å². The number of ether oxygens (including phenoxy) is 4. The highest BCUT2D eigenvalue weighted by molar-refractivity contribution is 7.90. The van der Waals surface area contributed by atoms with Gasteiger partial charge in [0.25, 0.3) is 6.43 Å². The van der Waals surface area contributed by atoms with Gasteiger partial charge in [-0.25, -0.2) is 35.2 Å². The molecule has 0 radical (unpaired) electrons. The highest BCUT2D eigenvalue weighted by Gasteiger charge is 2.29. The minimum atomic E-state index is -3.59. The first kappa shape index (κ1) is 47.4. The molecular weight excluding hydrogens is 874 g/mol. The predicted octanol–water partition coefficient (Wildman–Crippen LogP) is 6.34. The summed E-state index contributed by atoms with van der Waals surface area (Å²) in [5.41, 5.74) is 1.31. The summed E-state index contributed by atoms with van der Waals surface area (Å²) < 4.78 is 101. The van der Waals surface area contributed by atoms with Gasteiger partial charge in [0.2, 0.25) is 0 Å². The number of carbonyl (C=O) groups excluding carboxylic acids is 1. The second-order valence-electron chi connectivity index (χ2n) is 14.2. The molecule has 4 aromatic carbocycles. The number of aromatic nitrogens is 4. The second kappa shape index (κ2) is 19.6. The van der Waals surface area contributed by atoms with Crippen LogP contribution in [0.3, 0.4) is 0 Å². The number of nitrogens with zero attached hydrogens (tertiary/aromatic N) is 3. The SMILES string of the molecule is CCOc1cc(C(CS(C)(=O)=O)n2c(=O)[nH]c3c(C(C)=O)cccc32)ccc1OC.CCOc1cc(C(CS(C)(=O)=O)n2c(=O)n(CC(F)F)c3c(Cl)cccc32)ccc1OC. The monoisotopic (exact) mass is 920 g/mol. The quantitative estimate of drug-likeness (QED) is 0.101. The van der Waals surface area contributed by atoms with Crippen molar-refractivity contribution in [3.8, 4) is 23.0 Å². The highest BCUT2D eigenvalue weighted by Crippen LogP contribution is 2.35. The smallest absolute Gasteiger partial charge is 0.329 e. The van der Waals surface area contributed by atoms with E-state index < -0.39 is 61.9 Å². The molecule has 0 saturated carbocycles. The largest absolute Gasteiger partial charge is 0.493 e. The number of para-hydroxylation sites is 2. The number of alkyl halides is 2. The minimum absolute atomic E-state index is 0.113. The van der Waals surface area contributed by atoms with Crippen LogP contribution in [0.4, 0.5) is 8.78 Å². The molecule has 6 rings (SSSR count). The molecule has 334 valence electrons. The Bertz CT molecular complexity index is 2940. The van der Waals surface area contributed by atoms with E-state index in [1.165, 1.54) is 36.3 Å². The number of carbonyl (C=O) groups is 1. The Morgan fingerprint density at radius 3 is 1.71 bits per heavy atom. The second-order valence-corrected chi connectivity index (χ2v) is 19.0. The van der Waals surface area contributed by atoms with E-state index in [4.69, 9.17) is 30.5 Å². The number of ketones is 1. The van der Waals surface area contributed by atoms with E-state index in [-0.39, 0.29) is 27.6 Å². The Hall–Kier alpha value is -5.66. The lowest BCUT2D eigenvalue weighted by atomic mass is 10.1. The molecule has 2 unspecified atom stereocenters. The van der Waals surface area contributed by atoms with E-state index in [1.54, 1.807) is 73.7 Å². The van der Waals surface area contributed by atoms with Gasteiger partial charge in [-0.1, -0.05) is 35.9 Å². The van der Waals surface area contributed by atoms with E-state index in [2.05, 4.69) is 4.98 Å². The number of Topliss-reactive ketones (excluding diaryl/α,β-unsaturated/α-hetero) is 1. The fourth-order valence-corrected chi connectivity index (χ4v) is 9.31. The number of halogens is 3. The van der Waals surface area contributed by atoms with E-state index >= 15 is 0 Å². The molecule has 15 nitrogen and oxygen atoms in total. The summed E-state index contributed by atoms with van der Waals surface area (Å²) in [5, 5.41) is 0.113. The van der Waals surface area contributed by atoms with Gasteiger partial charge in [0, 0.05) is 18.1 Å². The third-order valence-electron chi connectivity index (χ3n) is 9.67. The van der Waals surface area contributed by atoms with Crippen molar-refractivity contribution in [2.24, 2.45) is 0 Å². The maximum absolute atomic E-state index is 13.3. The van der Waals surface area contributed by atoms with Crippen LogP contribution < -0.4 is 30.3 Å². The molecule has 2 atom stereocenters. The van der Waals surface area contributed by atoms with Gasteiger partial charge >= 0.3 is 11.4 Å². The van der Waals surface area contributed by atoms with Crippen molar-refractivity contribution >= 4 is 59.1 Å². The first-order valence-electron chi connectivity index (χ1n) is 19.1.